The minimum atomic E-state index is 0.708. The van der Waals surface area contributed by atoms with Gasteiger partial charge in [0.25, 0.3) is 0 Å². The smallest absolute Gasteiger partial charge is 0.208 e. The van der Waals surface area contributed by atoms with Crippen LogP contribution in [0.25, 0.3) is 10.6 Å². The molecule has 0 amide bonds. The van der Waals surface area contributed by atoms with E-state index in [2.05, 4.69) is 17.2 Å². The van der Waals surface area contributed by atoms with Crippen LogP contribution in [-0.2, 0) is 6.54 Å². The zero-order valence-corrected chi connectivity index (χ0v) is 9.51. The van der Waals surface area contributed by atoms with Gasteiger partial charge in [-0.25, -0.2) is 4.98 Å². The predicted octanol–water partition coefficient (Wildman–Crippen LogP) is 2.90. The number of thiophene rings is 1. The summed E-state index contributed by atoms with van der Waals surface area (Å²) >= 11 is 1.66. The van der Waals surface area contributed by atoms with Crippen molar-refractivity contribution in [2.24, 2.45) is 0 Å². The highest BCUT2D eigenvalue weighted by molar-refractivity contribution is 7.13. The molecule has 1 N–H and O–H groups in total. The van der Waals surface area contributed by atoms with E-state index in [0.717, 1.165) is 29.5 Å². The van der Waals surface area contributed by atoms with Crippen molar-refractivity contribution in [3.8, 4) is 10.6 Å². The fraction of sp³-hybridized carbons (Fsp3) is 0.364. The van der Waals surface area contributed by atoms with Crippen molar-refractivity contribution in [1.82, 2.24) is 10.3 Å². The van der Waals surface area contributed by atoms with E-state index in [0.29, 0.717) is 6.54 Å². The van der Waals surface area contributed by atoms with Gasteiger partial charge in [-0.3, -0.25) is 0 Å². The molecule has 3 nitrogen and oxygen atoms in total. The maximum atomic E-state index is 5.61. The van der Waals surface area contributed by atoms with Crippen molar-refractivity contribution in [2.45, 2.75) is 19.9 Å². The maximum absolute atomic E-state index is 5.61. The van der Waals surface area contributed by atoms with E-state index in [1.165, 1.54) is 0 Å². The average Bonchev–Trinajstić information content (AvgIpc) is 2.87. The van der Waals surface area contributed by atoms with Gasteiger partial charge in [0.1, 0.15) is 0 Å². The van der Waals surface area contributed by atoms with E-state index in [-0.39, 0.29) is 0 Å². The maximum Gasteiger partial charge on any atom is 0.208 e. The Morgan fingerprint density at radius 3 is 3.20 bits per heavy atom. The zero-order chi connectivity index (χ0) is 10.5. The van der Waals surface area contributed by atoms with Crippen LogP contribution in [0.1, 0.15) is 19.2 Å². The molecule has 0 aliphatic heterocycles. The van der Waals surface area contributed by atoms with Crippen LogP contribution in [-0.4, -0.2) is 11.5 Å². The molecule has 0 atom stereocenters. The van der Waals surface area contributed by atoms with Gasteiger partial charge in [-0.2, -0.15) is 0 Å². The fourth-order valence-corrected chi connectivity index (χ4v) is 1.97. The van der Waals surface area contributed by atoms with Gasteiger partial charge in [-0.1, -0.05) is 13.0 Å². The van der Waals surface area contributed by atoms with Crippen LogP contribution in [0, 0.1) is 0 Å². The topological polar surface area (TPSA) is 38.1 Å². The van der Waals surface area contributed by atoms with E-state index in [9.17, 15) is 0 Å². The number of rotatable bonds is 5. The first kappa shape index (κ1) is 10.4. The summed E-state index contributed by atoms with van der Waals surface area (Å²) in [4.78, 5) is 5.35. The van der Waals surface area contributed by atoms with Gasteiger partial charge in [0.05, 0.1) is 17.6 Å². The first-order chi connectivity index (χ1) is 7.40. The lowest BCUT2D eigenvalue weighted by atomic mass is 10.4. The van der Waals surface area contributed by atoms with Gasteiger partial charge in [0.2, 0.25) is 5.89 Å². The van der Waals surface area contributed by atoms with E-state index < -0.39 is 0 Å². The first-order valence-electron chi connectivity index (χ1n) is 5.09. The van der Waals surface area contributed by atoms with Crippen LogP contribution in [0.5, 0.6) is 0 Å². The van der Waals surface area contributed by atoms with Crippen molar-refractivity contribution < 1.29 is 4.42 Å². The molecule has 0 aliphatic carbocycles. The Balaban J connectivity index is 1.98. The van der Waals surface area contributed by atoms with E-state index in [1.54, 1.807) is 17.5 Å². The Kier molecular flexibility index (Phi) is 3.53. The molecule has 0 saturated carbocycles. The summed E-state index contributed by atoms with van der Waals surface area (Å²) in [7, 11) is 0. The minimum Gasteiger partial charge on any atom is -0.438 e. The lowest BCUT2D eigenvalue weighted by Gasteiger charge is -1.97. The summed E-state index contributed by atoms with van der Waals surface area (Å²) < 4.78 is 5.61. The number of aromatic nitrogens is 1. The number of hydrogen-bond acceptors (Lipinski definition) is 4. The van der Waals surface area contributed by atoms with Crippen molar-refractivity contribution in [3.05, 3.63) is 29.6 Å². The van der Waals surface area contributed by atoms with Gasteiger partial charge < -0.3 is 9.73 Å². The van der Waals surface area contributed by atoms with Crippen LogP contribution in [0.3, 0.4) is 0 Å². The molecule has 0 bridgehead atoms. The molecule has 4 heteroatoms. The van der Waals surface area contributed by atoms with Crippen molar-refractivity contribution in [3.63, 3.8) is 0 Å². The van der Waals surface area contributed by atoms with E-state index >= 15 is 0 Å². The molecule has 0 spiro atoms. The lowest BCUT2D eigenvalue weighted by Crippen LogP contribution is -2.13. The summed E-state index contributed by atoms with van der Waals surface area (Å²) in [5, 5.41) is 5.29. The molecule has 2 aromatic heterocycles. The lowest BCUT2D eigenvalue weighted by molar-refractivity contribution is 0.478. The molecule has 2 heterocycles. The van der Waals surface area contributed by atoms with Crippen molar-refractivity contribution in [1.29, 1.82) is 0 Å². The molecule has 0 aromatic carbocycles. The third-order valence-corrected chi connectivity index (χ3v) is 2.91. The molecule has 80 valence electrons. The third-order valence-electron chi connectivity index (χ3n) is 2.02. The molecule has 2 rings (SSSR count). The number of nitrogens with zero attached hydrogens (tertiary/aromatic N) is 1. The molecule has 2 aromatic rings. The van der Waals surface area contributed by atoms with Gasteiger partial charge in [0, 0.05) is 0 Å². The molecule has 0 saturated heterocycles. The number of oxazole rings is 1. The quantitative estimate of drug-likeness (QED) is 0.790. The molecule has 0 radical (unpaired) electrons. The number of nitrogens with one attached hydrogen (secondary N) is 1. The molecule has 0 aliphatic rings. The standard InChI is InChI=1S/C11H14N2OS/c1-2-5-12-8-11-13-7-9(14-11)10-4-3-6-15-10/h3-4,6-7,12H,2,5,8H2,1H3. The van der Waals surface area contributed by atoms with Crippen LogP contribution in [0.15, 0.2) is 28.1 Å². The van der Waals surface area contributed by atoms with Crippen molar-refractivity contribution >= 4 is 11.3 Å². The Hall–Kier alpha value is -1.13. The normalized spacial score (nSPS) is 10.7. The monoisotopic (exact) mass is 222 g/mol. The highest BCUT2D eigenvalue weighted by Gasteiger charge is 2.05. The van der Waals surface area contributed by atoms with Gasteiger partial charge in [-0.15, -0.1) is 11.3 Å². The Labute approximate surface area is 93.2 Å². The second-order valence-corrected chi connectivity index (χ2v) is 4.22. The van der Waals surface area contributed by atoms with E-state index in [4.69, 9.17) is 4.42 Å². The summed E-state index contributed by atoms with van der Waals surface area (Å²) in [6.07, 6.45) is 2.91. The van der Waals surface area contributed by atoms with Gasteiger partial charge in [0.15, 0.2) is 5.76 Å². The molecular formula is C11H14N2OS. The van der Waals surface area contributed by atoms with Crippen molar-refractivity contribution in [2.75, 3.05) is 6.54 Å². The predicted molar refractivity (Wildman–Crippen MR) is 61.8 cm³/mol. The molecule has 15 heavy (non-hydrogen) atoms. The zero-order valence-electron chi connectivity index (χ0n) is 8.69. The summed E-state index contributed by atoms with van der Waals surface area (Å²) in [6, 6.07) is 4.05. The second kappa shape index (κ2) is 5.09. The molecule has 0 unspecified atom stereocenters. The first-order valence-corrected chi connectivity index (χ1v) is 5.97. The van der Waals surface area contributed by atoms with Crippen LogP contribution < -0.4 is 5.32 Å². The summed E-state index contributed by atoms with van der Waals surface area (Å²) in [5.41, 5.74) is 0. The fourth-order valence-electron chi connectivity index (χ4n) is 1.30. The van der Waals surface area contributed by atoms with Crippen LogP contribution in [0.4, 0.5) is 0 Å². The summed E-state index contributed by atoms with van der Waals surface area (Å²) in [5.74, 6) is 1.62. The highest BCUT2D eigenvalue weighted by atomic mass is 32.1. The molecule has 0 fully saturated rings. The SMILES string of the molecule is CCCNCc1ncc(-c2cccs2)o1. The minimum absolute atomic E-state index is 0.708. The van der Waals surface area contributed by atoms with E-state index in [1.807, 2.05) is 17.5 Å². The Morgan fingerprint density at radius 1 is 1.53 bits per heavy atom. The van der Waals surface area contributed by atoms with Crippen LogP contribution >= 0.6 is 11.3 Å². The third kappa shape index (κ3) is 2.67. The highest BCUT2D eigenvalue weighted by Crippen LogP contribution is 2.24. The van der Waals surface area contributed by atoms with Gasteiger partial charge in [-0.05, 0) is 24.4 Å². The Morgan fingerprint density at radius 2 is 2.47 bits per heavy atom. The molecular weight excluding hydrogens is 208 g/mol. The Bertz CT molecular complexity index is 394. The van der Waals surface area contributed by atoms with Gasteiger partial charge >= 0.3 is 0 Å². The number of hydrogen-bond donors (Lipinski definition) is 1. The summed E-state index contributed by atoms with van der Waals surface area (Å²) in [6.45, 7) is 3.84. The largest absolute Gasteiger partial charge is 0.438 e. The van der Waals surface area contributed by atoms with Crippen LogP contribution in [0.2, 0.25) is 0 Å². The second-order valence-electron chi connectivity index (χ2n) is 3.27. The average molecular weight is 222 g/mol.